The van der Waals surface area contributed by atoms with Crippen LogP contribution in [0.3, 0.4) is 0 Å². The maximum Gasteiger partial charge on any atom is 0.251 e. The highest BCUT2D eigenvalue weighted by atomic mass is 16.1. The van der Waals surface area contributed by atoms with Crippen LogP contribution in [0, 0.1) is 13.8 Å². The van der Waals surface area contributed by atoms with E-state index in [1.165, 1.54) is 11.1 Å². The van der Waals surface area contributed by atoms with Gasteiger partial charge in [-0.05, 0) is 50.6 Å². The van der Waals surface area contributed by atoms with Crippen LogP contribution in [0.2, 0.25) is 0 Å². The van der Waals surface area contributed by atoms with Crippen molar-refractivity contribution in [1.82, 2.24) is 15.3 Å². The van der Waals surface area contributed by atoms with Crippen molar-refractivity contribution < 1.29 is 4.79 Å². The molecule has 3 aromatic carbocycles. The number of hydrogen-bond donors (Lipinski definition) is 2. The lowest BCUT2D eigenvalue weighted by molar-refractivity contribution is 0.0940. The molecule has 5 heteroatoms. The van der Waals surface area contributed by atoms with Crippen molar-refractivity contribution in [2.75, 3.05) is 5.32 Å². The zero-order chi connectivity index (χ0) is 22.5. The summed E-state index contributed by atoms with van der Waals surface area (Å²) < 4.78 is 0. The first kappa shape index (κ1) is 21.2. The van der Waals surface area contributed by atoms with Crippen molar-refractivity contribution in [2.24, 2.45) is 0 Å². The Kier molecular flexibility index (Phi) is 6.26. The first-order valence-electron chi connectivity index (χ1n) is 10.6. The van der Waals surface area contributed by atoms with Crippen LogP contribution in [0.1, 0.15) is 40.0 Å². The number of hydrogen-bond acceptors (Lipinski definition) is 4. The van der Waals surface area contributed by atoms with Gasteiger partial charge in [0.15, 0.2) is 0 Å². The largest absolute Gasteiger partial charge is 0.346 e. The summed E-state index contributed by atoms with van der Waals surface area (Å²) in [7, 11) is 0. The third-order valence-corrected chi connectivity index (χ3v) is 5.30. The van der Waals surface area contributed by atoms with E-state index < -0.39 is 0 Å². The van der Waals surface area contributed by atoms with Crippen molar-refractivity contribution in [3.63, 3.8) is 0 Å². The highest BCUT2D eigenvalue weighted by molar-refractivity contribution is 5.95. The molecule has 0 spiro atoms. The summed E-state index contributed by atoms with van der Waals surface area (Å²) in [5, 5.41) is 6.35. The normalized spacial score (nSPS) is 11.6. The van der Waals surface area contributed by atoms with E-state index in [0.717, 1.165) is 22.5 Å². The van der Waals surface area contributed by atoms with Crippen LogP contribution in [0.4, 0.5) is 11.5 Å². The molecule has 0 aliphatic carbocycles. The highest BCUT2D eigenvalue weighted by Gasteiger charge is 2.12. The number of nitrogens with one attached hydrogen (secondary N) is 2. The minimum Gasteiger partial charge on any atom is -0.346 e. The van der Waals surface area contributed by atoms with Gasteiger partial charge in [0, 0.05) is 22.9 Å². The molecule has 0 radical (unpaired) electrons. The van der Waals surface area contributed by atoms with Crippen molar-refractivity contribution in [2.45, 2.75) is 26.8 Å². The molecule has 4 aromatic rings. The van der Waals surface area contributed by atoms with Gasteiger partial charge in [-0.2, -0.15) is 0 Å². The second kappa shape index (κ2) is 9.43. The molecule has 1 heterocycles. The summed E-state index contributed by atoms with van der Waals surface area (Å²) in [4.78, 5) is 21.5. The number of rotatable bonds is 6. The molecule has 5 nitrogen and oxygen atoms in total. The Bertz CT molecular complexity index is 1230. The number of aromatic nitrogens is 2. The number of benzene rings is 3. The van der Waals surface area contributed by atoms with E-state index in [9.17, 15) is 4.79 Å². The van der Waals surface area contributed by atoms with Crippen LogP contribution in [-0.2, 0) is 0 Å². The number of nitrogens with zero attached hydrogens (tertiary/aromatic N) is 2. The molecule has 0 aliphatic rings. The molecule has 0 aliphatic heterocycles. The first-order chi connectivity index (χ1) is 15.5. The predicted molar refractivity (Wildman–Crippen MR) is 129 cm³/mol. The van der Waals surface area contributed by atoms with E-state index in [0.29, 0.717) is 11.4 Å². The van der Waals surface area contributed by atoms with Crippen molar-refractivity contribution >= 4 is 17.4 Å². The number of carbonyl (C=O) groups excluding carboxylic acids is 1. The van der Waals surface area contributed by atoms with Crippen molar-refractivity contribution in [3.05, 3.63) is 107 Å². The van der Waals surface area contributed by atoms with E-state index in [-0.39, 0.29) is 11.9 Å². The van der Waals surface area contributed by atoms with Gasteiger partial charge >= 0.3 is 0 Å². The van der Waals surface area contributed by atoms with Gasteiger partial charge in [-0.15, -0.1) is 0 Å². The molecule has 0 saturated carbocycles. The molecule has 1 atom stereocenters. The van der Waals surface area contributed by atoms with Crippen LogP contribution in [0.5, 0.6) is 0 Å². The van der Waals surface area contributed by atoms with Gasteiger partial charge in [0.05, 0.1) is 11.7 Å². The zero-order valence-electron chi connectivity index (χ0n) is 18.5. The average molecular weight is 423 g/mol. The Morgan fingerprint density at radius 2 is 1.62 bits per heavy atom. The summed E-state index contributed by atoms with van der Waals surface area (Å²) in [5.74, 6) is 0.548. The molecule has 32 heavy (non-hydrogen) atoms. The fourth-order valence-corrected chi connectivity index (χ4v) is 3.49. The SMILES string of the molecule is Cc1ccc(C(C)NC(=O)c2cccc(Nc3cc(-c4cccc(C)c4)ncn3)c2)cc1. The summed E-state index contributed by atoms with van der Waals surface area (Å²) in [6.07, 6.45) is 1.54. The molecule has 0 saturated heterocycles. The van der Waals surface area contributed by atoms with Crippen LogP contribution in [0.15, 0.2) is 85.2 Å². The maximum absolute atomic E-state index is 12.8. The van der Waals surface area contributed by atoms with Crippen molar-refractivity contribution in [3.8, 4) is 11.3 Å². The van der Waals surface area contributed by atoms with E-state index in [1.54, 1.807) is 12.4 Å². The molecule has 1 amide bonds. The fraction of sp³-hybridized carbons (Fsp3) is 0.148. The van der Waals surface area contributed by atoms with Gasteiger partial charge in [-0.25, -0.2) is 9.97 Å². The Balaban J connectivity index is 1.48. The second-order valence-corrected chi connectivity index (χ2v) is 7.97. The summed E-state index contributed by atoms with van der Waals surface area (Å²) in [6.45, 7) is 6.09. The molecule has 2 N–H and O–H groups in total. The van der Waals surface area contributed by atoms with E-state index >= 15 is 0 Å². The summed E-state index contributed by atoms with van der Waals surface area (Å²) in [5.41, 5.74) is 6.69. The van der Waals surface area contributed by atoms with Crippen LogP contribution in [-0.4, -0.2) is 15.9 Å². The second-order valence-electron chi connectivity index (χ2n) is 7.97. The van der Waals surface area contributed by atoms with Gasteiger partial charge in [0.1, 0.15) is 12.1 Å². The van der Waals surface area contributed by atoms with E-state index in [2.05, 4.69) is 51.8 Å². The first-order valence-corrected chi connectivity index (χ1v) is 10.6. The Hall–Kier alpha value is -3.99. The lowest BCUT2D eigenvalue weighted by atomic mass is 10.1. The predicted octanol–water partition coefficient (Wildman–Crippen LogP) is 6.00. The quantitative estimate of drug-likeness (QED) is 0.400. The van der Waals surface area contributed by atoms with Gasteiger partial charge in [0.25, 0.3) is 5.91 Å². The van der Waals surface area contributed by atoms with Gasteiger partial charge in [0.2, 0.25) is 0 Å². The molecular formula is C27H26N4O. The molecule has 0 fully saturated rings. The van der Waals surface area contributed by atoms with Gasteiger partial charge < -0.3 is 10.6 Å². The molecule has 4 rings (SSSR count). The minimum absolute atomic E-state index is 0.0848. The lowest BCUT2D eigenvalue weighted by Gasteiger charge is -2.15. The molecule has 1 unspecified atom stereocenters. The van der Waals surface area contributed by atoms with E-state index in [4.69, 9.17) is 0 Å². The minimum atomic E-state index is -0.120. The average Bonchev–Trinajstić information content (AvgIpc) is 2.80. The molecular weight excluding hydrogens is 396 g/mol. The third kappa shape index (κ3) is 5.19. The number of anilines is 2. The summed E-state index contributed by atoms with van der Waals surface area (Å²) >= 11 is 0. The van der Waals surface area contributed by atoms with Gasteiger partial charge in [-0.3, -0.25) is 4.79 Å². The van der Waals surface area contributed by atoms with Crippen LogP contribution in [0.25, 0.3) is 11.3 Å². The van der Waals surface area contributed by atoms with E-state index in [1.807, 2.05) is 62.4 Å². The van der Waals surface area contributed by atoms with Gasteiger partial charge in [-0.1, -0.05) is 59.7 Å². The fourth-order valence-electron chi connectivity index (χ4n) is 3.49. The smallest absolute Gasteiger partial charge is 0.251 e. The molecule has 0 bridgehead atoms. The Labute approximate surface area is 188 Å². The number of amides is 1. The Morgan fingerprint density at radius 1 is 0.844 bits per heavy atom. The van der Waals surface area contributed by atoms with Crippen molar-refractivity contribution in [1.29, 1.82) is 0 Å². The van der Waals surface area contributed by atoms with Crippen LogP contribution >= 0.6 is 0 Å². The molecule has 1 aromatic heterocycles. The van der Waals surface area contributed by atoms with Crippen LogP contribution < -0.4 is 10.6 Å². The molecule has 160 valence electrons. The lowest BCUT2D eigenvalue weighted by Crippen LogP contribution is -2.26. The Morgan fingerprint density at radius 3 is 2.41 bits per heavy atom. The number of aryl methyl sites for hydroxylation is 2. The number of carbonyl (C=O) groups is 1. The third-order valence-electron chi connectivity index (χ3n) is 5.30. The summed E-state index contributed by atoms with van der Waals surface area (Å²) in [6, 6.07) is 25.6. The highest BCUT2D eigenvalue weighted by Crippen LogP contribution is 2.23. The monoisotopic (exact) mass is 422 g/mol. The topological polar surface area (TPSA) is 66.9 Å². The standard InChI is InChI=1S/C27H26N4O/c1-18-10-12-21(13-11-18)20(3)30-27(32)23-8-5-9-24(15-23)31-26-16-25(28-17-29-26)22-7-4-6-19(2)14-22/h4-17,20H,1-3H3,(H,30,32)(H,28,29,31). The zero-order valence-corrected chi connectivity index (χ0v) is 18.5. The maximum atomic E-state index is 12.8.